The Labute approximate surface area is 121 Å². The molecule has 0 aliphatic carbocycles. The Kier molecular flexibility index (Phi) is 3.39. The minimum Gasteiger partial charge on any atom is -0.326 e. The van der Waals surface area contributed by atoms with Crippen molar-refractivity contribution in [1.29, 1.82) is 0 Å². The largest absolute Gasteiger partial charge is 0.326 e. The van der Waals surface area contributed by atoms with Gasteiger partial charge in [0.25, 0.3) is 0 Å². The van der Waals surface area contributed by atoms with Crippen LogP contribution in [0.1, 0.15) is 11.1 Å². The van der Waals surface area contributed by atoms with Gasteiger partial charge in [-0.05, 0) is 41.5 Å². The molecule has 1 aliphatic heterocycles. The Morgan fingerprint density at radius 1 is 1.19 bits per heavy atom. The first-order valence-corrected chi connectivity index (χ1v) is 6.57. The van der Waals surface area contributed by atoms with Crippen LogP contribution in [-0.4, -0.2) is 11.8 Å². The highest BCUT2D eigenvalue weighted by atomic mass is 19.1. The number of nitrogens with one attached hydrogen (secondary N) is 2. The van der Waals surface area contributed by atoms with E-state index in [4.69, 9.17) is 0 Å². The van der Waals surface area contributed by atoms with Crippen LogP contribution < -0.4 is 10.6 Å². The third-order valence-corrected chi connectivity index (χ3v) is 3.29. The van der Waals surface area contributed by atoms with Crippen LogP contribution in [0.15, 0.2) is 42.5 Å². The first kappa shape index (κ1) is 13.3. The van der Waals surface area contributed by atoms with Gasteiger partial charge in [0, 0.05) is 11.4 Å². The van der Waals surface area contributed by atoms with Gasteiger partial charge in [-0.2, -0.15) is 0 Å². The lowest BCUT2D eigenvalue weighted by Crippen LogP contribution is -2.14. The molecule has 4 nitrogen and oxygen atoms in total. The zero-order chi connectivity index (χ0) is 14.8. The standard InChI is InChI=1S/C16H13FN2O2/c17-12-3-1-10(2-4-12)7-15(20)18-13-5-6-14-11(8-13)9-16(21)19-14/h1-6,8H,7,9H2,(H,18,20)(H,19,21). The summed E-state index contributed by atoms with van der Waals surface area (Å²) >= 11 is 0. The lowest BCUT2D eigenvalue weighted by molar-refractivity contribution is -0.116. The van der Waals surface area contributed by atoms with E-state index in [0.717, 1.165) is 16.8 Å². The van der Waals surface area contributed by atoms with Crippen molar-refractivity contribution in [3.8, 4) is 0 Å². The fourth-order valence-corrected chi connectivity index (χ4v) is 2.30. The van der Waals surface area contributed by atoms with Gasteiger partial charge in [-0.25, -0.2) is 4.39 Å². The first-order chi connectivity index (χ1) is 10.1. The Bertz CT molecular complexity index is 711. The van der Waals surface area contributed by atoms with Crippen molar-refractivity contribution in [3.63, 3.8) is 0 Å². The molecule has 2 N–H and O–H groups in total. The molecule has 0 fully saturated rings. The van der Waals surface area contributed by atoms with Crippen molar-refractivity contribution >= 4 is 23.2 Å². The highest BCUT2D eigenvalue weighted by molar-refractivity contribution is 6.00. The average Bonchev–Trinajstić information content (AvgIpc) is 2.80. The van der Waals surface area contributed by atoms with Crippen LogP contribution in [0.4, 0.5) is 15.8 Å². The van der Waals surface area contributed by atoms with Gasteiger partial charge in [0.2, 0.25) is 11.8 Å². The van der Waals surface area contributed by atoms with Gasteiger partial charge in [-0.3, -0.25) is 9.59 Å². The van der Waals surface area contributed by atoms with Crippen LogP contribution in [0, 0.1) is 5.82 Å². The summed E-state index contributed by atoms with van der Waals surface area (Å²) in [5.74, 6) is -0.548. The summed E-state index contributed by atoms with van der Waals surface area (Å²) in [6.45, 7) is 0. The van der Waals surface area contributed by atoms with E-state index in [9.17, 15) is 14.0 Å². The number of anilines is 2. The summed E-state index contributed by atoms with van der Waals surface area (Å²) in [6.07, 6.45) is 0.506. The molecule has 2 aromatic rings. The SMILES string of the molecule is O=C(Cc1ccc(F)cc1)Nc1ccc2c(c1)CC(=O)N2. The Morgan fingerprint density at radius 3 is 2.71 bits per heavy atom. The second kappa shape index (κ2) is 5.36. The number of hydrogen-bond donors (Lipinski definition) is 2. The molecule has 2 aromatic carbocycles. The highest BCUT2D eigenvalue weighted by Crippen LogP contribution is 2.26. The van der Waals surface area contributed by atoms with Crippen molar-refractivity contribution in [1.82, 2.24) is 0 Å². The quantitative estimate of drug-likeness (QED) is 0.909. The predicted octanol–water partition coefficient (Wildman–Crippen LogP) is 2.50. The number of rotatable bonds is 3. The Morgan fingerprint density at radius 2 is 1.95 bits per heavy atom. The number of hydrogen-bond acceptors (Lipinski definition) is 2. The molecule has 1 aliphatic rings. The van der Waals surface area contributed by atoms with Crippen molar-refractivity contribution in [3.05, 3.63) is 59.4 Å². The second-order valence-corrected chi connectivity index (χ2v) is 4.95. The number of carbonyl (C=O) groups excluding carboxylic acids is 2. The zero-order valence-corrected chi connectivity index (χ0v) is 11.2. The Hall–Kier alpha value is -2.69. The molecule has 0 bridgehead atoms. The monoisotopic (exact) mass is 284 g/mol. The van der Waals surface area contributed by atoms with Gasteiger partial charge in [0.1, 0.15) is 5.82 Å². The van der Waals surface area contributed by atoms with E-state index in [1.54, 1.807) is 30.3 Å². The molecule has 0 saturated carbocycles. The van der Waals surface area contributed by atoms with Crippen LogP contribution >= 0.6 is 0 Å². The van der Waals surface area contributed by atoms with E-state index in [0.29, 0.717) is 12.1 Å². The minimum absolute atomic E-state index is 0.0419. The summed E-state index contributed by atoms with van der Waals surface area (Å²) in [7, 11) is 0. The van der Waals surface area contributed by atoms with Gasteiger partial charge in [-0.1, -0.05) is 12.1 Å². The number of amides is 2. The maximum Gasteiger partial charge on any atom is 0.228 e. The molecule has 106 valence electrons. The van der Waals surface area contributed by atoms with Gasteiger partial charge in [0.15, 0.2) is 0 Å². The highest BCUT2D eigenvalue weighted by Gasteiger charge is 2.17. The number of halogens is 1. The fraction of sp³-hybridized carbons (Fsp3) is 0.125. The summed E-state index contributed by atoms with van der Waals surface area (Å²) in [6, 6.07) is 11.1. The van der Waals surface area contributed by atoms with E-state index in [2.05, 4.69) is 10.6 Å². The van der Waals surface area contributed by atoms with Gasteiger partial charge in [0.05, 0.1) is 12.8 Å². The smallest absolute Gasteiger partial charge is 0.228 e. The van der Waals surface area contributed by atoms with E-state index in [-0.39, 0.29) is 24.1 Å². The number of benzene rings is 2. The van der Waals surface area contributed by atoms with E-state index >= 15 is 0 Å². The molecule has 0 spiro atoms. The van der Waals surface area contributed by atoms with Gasteiger partial charge in [-0.15, -0.1) is 0 Å². The lowest BCUT2D eigenvalue weighted by atomic mass is 10.1. The molecule has 2 amide bonds. The van der Waals surface area contributed by atoms with Crippen LogP contribution in [0.5, 0.6) is 0 Å². The maximum absolute atomic E-state index is 12.8. The fourth-order valence-electron chi connectivity index (χ4n) is 2.30. The molecule has 3 rings (SSSR count). The van der Waals surface area contributed by atoms with Crippen LogP contribution in [0.3, 0.4) is 0 Å². The molecular formula is C16H13FN2O2. The second-order valence-electron chi connectivity index (χ2n) is 4.95. The molecule has 21 heavy (non-hydrogen) atoms. The molecule has 1 heterocycles. The number of fused-ring (bicyclic) bond motifs is 1. The van der Waals surface area contributed by atoms with Crippen molar-refractivity contribution in [2.75, 3.05) is 10.6 Å². The molecule has 0 saturated heterocycles. The van der Waals surface area contributed by atoms with Crippen molar-refractivity contribution < 1.29 is 14.0 Å². The van der Waals surface area contributed by atoms with Crippen LogP contribution in [0.25, 0.3) is 0 Å². The van der Waals surface area contributed by atoms with Crippen molar-refractivity contribution in [2.24, 2.45) is 0 Å². The van der Waals surface area contributed by atoms with Gasteiger partial charge < -0.3 is 10.6 Å². The summed E-state index contributed by atoms with van der Waals surface area (Å²) in [4.78, 5) is 23.2. The number of carbonyl (C=O) groups is 2. The van der Waals surface area contributed by atoms with E-state index < -0.39 is 0 Å². The Balaban J connectivity index is 1.66. The van der Waals surface area contributed by atoms with Crippen molar-refractivity contribution in [2.45, 2.75) is 12.8 Å². The van der Waals surface area contributed by atoms with E-state index in [1.807, 2.05) is 0 Å². The summed E-state index contributed by atoms with van der Waals surface area (Å²) < 4.78 is 12.8. The normalized spacial score (nSPS) is 12.7. The summed E-state index contributed by atoms with van der Waals surface area (Å²) in [5.41, 5.74) is 3.06. The summed E-state index contributed by atoms with van der Waals surface area (Å²) in [5, 5.41) is 5.51. The van der Waals surface area contributed by atoms with Crippen LogP contribution in [-0.2, 0) is 22.4 Å². The predicted molar refractivity (Wildman–Crippen MR) is 77.5 cm³/mol. The minimum atomic E-state index is -0.324. The molecule has 0 radical (unpaired) electrons. The zero-order valence-electron chi connectivity index (χ0n) is 11.2. The average molecular weight is 284 g/mol. The first-order valence-electron chi connectivity index (χ1n) is 6.57. The van der Waals surface area contributed by atoms with Crippen LogP contribution in [0.2, 0.25) is 0 Å². The molecule has 0 aromatic heterocycles. The molecule has 0 atom stereocenters. The van der Waals surface area contributed by atoms with Gasteiger partial charge >= 0.3 is 0 Å². The van der Waals surface area contributed by atoms with E-state index in [1.165, 1.54) is 12.1 Å². The maximum atomic E-state index is 12.8. The topological polar surface area (TPSA) is 58.2 Å². The third kappa shape index (κ3) is 3.08. The lowest BCUT2D eigenvalue weighted by Gasteiger charge is -2.07. The molecular weight excluding hydrogens is 271 g/mol. The molecule has 0 unspecified atom stereocenters. The molecule has 5 heteroatoms. The third-order valence-electron chi connectivity index (χ3n) is 3.29.